The maximum Gasteiger partial charge on any atom is 0.200 e. The Morgan fingerprint density at radius 1 is 1.14 bits per heavy atom. The Balaban J connectivity index is 2.30. The number of benzene rings is 2. The van der Waals surface area contributed by atoms with Crippen molar-refractivity contribution in [2.24, 2.45) is 0 Å². The number of ketones is 1. The highest BCUT2D eigenvalue weighted by Crippen LogP contribution is 2.37. The molecule has 4 nitrogen and oxygen atoms in total. The minimum Gasteiger partial charge on any atom is -0.502 e. The molecule has 0 fully saturated rings. The van der Waals surface area contributed by atoms with Crippen molar-refractivity contribution in [2.75, 3.05) is 14.2 Å². The van der Waals surface area contributed by atoms with Crippen LogP contribution >= 0.6 is 15.9 Å². The van der Waals surface area contributed by atoms with E-state index in [-0.39, 0.29) is 23.0 Å². The maximum atomic E-state index is 12.2. The Kier molecular flexibility index (Phi) is 5.22. The molecule has 0 aliphatic carbocycles. The fourth-order valence-corrected chi connectivity index (χ4v) is 2.41. The van der Waals surface area contributed by atoms with Crippen LogP contribution in [0, 0.1) is 0 Å². The van der Waals surface area contributed by atoms with Crippen molar-refractivity contribution >= 4 is 27.8 Å². The van der Waals surface area contributed by atoms with Crippen LogP contribution in [0.25, 0.3) is 6.08 Å². The second-order valence-corrected chi connectivity index (χ2v) is 5.31. The quantitative estimate of drug-likeness (QED) is 0.643. The van der Waals surface area contributed by atoms with Gasteiger partial charge in [-0.05, 0) is 35.9 Å². The van der Waals surface area contributed by atoms with Gasteiger partial charge in [0.05, 0.1) is 14.2 Å². The van der Waals surface area contributed by atoms with Crippen LogP contribution in [0.5, 0.6) is 17.2 Å². The van der Waals surface area contributed by atoms with Gasteiger partial charge in [0.15, 0.2) is 17.3 Å². The zero-order valence-corrected chi connectivity index (χ0v) is 13.8. The Hall–Kier alpha value is -2.27. The van der Waals surface area contributed by atoms with E-state index in [1.165, 1.54) is 20.3 Å². The van der Waals surface area contributed by atoms with Gasteiger partial charge in [-0.1, -0.05) is 34.1 Å². The fraction of sp³-hybridized carbons (Fsp3) is 0.118. The summed E-state index contributed by atoms with van der Waals surface area (Å²) in [5.74, 6) is 0.373. The molecule has 0 aliphatic rings. The van der Waals surface area contributed by atoms with E-state index in [0.717, 1.165) is 4.47 Å². The number of rotatable bonds is 5. The van der Waals surface area contributed by atoms with E-state index in [9.17, 15) is 9.90 Å². The van der Waals surface area contributed by atoms with Gasteiger partial charge in [-0.25, -0.2) is 0 Å². The minimum absolute atomic E-state index is 0.0701. The van der Waals surface area contributed by atoms with Gasteiger partial charge >= 0.3 is 0 Å². The summed E-state index contributed by atoms with van der Waals surface area (Å²) in [6.45, 7) is 0. The molecule has 114 valence electrons. The lowest BCUT2D eigenvalue weighted by Gasteiger charge is -2.09. The molecule has 22 heavy (non-hydrogen) atoms. The standard InChI is InChI=1S/C17H15BrO4/c1-21-15-9-11(10-16(22-2)17(15)20)7-8-14(19)12-5-3-4-6-13(12)18/h3-10,20H,1-2H3/b8-7+. The molecule has 2 aromatic rings. The van der Waals surface area contributed by atoms with E-state index >= 15 is 0 Å². The lowest BCUT2D eigenvalue weighted by molar-refractivity contribution is 0.104. The molecule has 0 aliphatic heterocycles. The number of phenols is 1. The predicted molar refractivity (Wildman–Crippen MR) is 88.7 cm³/mol. The van der Waals surface area contributed by atoms with E-state index < -0.39 is 0 Å². The van der Waals surface area contributed by atoms with Gasteiger partial charge in [0.1, 0.15) is 0 Å². The Morgan fingerprint density at radius 3 is 2.27 bits per heavy atom. The molecule has 0 amide bonds. The molecule has 0 spiro atoms. The van der Waals surface area contributed by atoms with Crippen LogP contribution in [-0.4, -0.2) is 25.1 Å². The number of ether oxygens (including phenoxy) is 2. The molecule has 5 heteroatoms. The van der Waals surface area contributed by atoms with E-state index in [4.69, 9.17) is 9.47 Å². The Bertz CT molecular complexity index is 697. The molecule has 1 N–H and O–H groups in total. The second kappa shape index (κ2) is 7.13. The summed E-state index contributed by atoms with van der Waals surface area (Å²) in [5.41, 5.74) is 1.27. The number of carbonyl (C=O) groups is 1. The molecule has 0 atom stereocenters. The first-order valence-electron chi connectivity index (χ1n) is 6.48. The van der Waals surface area contributed by atoms with E-state index in [2.05, 4.69) is 15.9 Å². The number of allylic oxidation sites excluding steroid dienone is 1. The monoisotopic (exact) mass is 362 g/mol. The fourth-order valence-electron chi connectivity index (χ4n) is 1.93. The van der Waals surface area contributed by atoms with Gasteiger partial charge < -0.3 is 14.6 Å². The van der Waals surface area contributed by atoms with Gasteiger partial charge in [0, 0.05) is 10.0 Å². The van der Waals surface area contributed by atoms with Crippen molar-refractivity contribution in [1.82, 2.24) is 0 Å². The predicted octanol–water partition coefficient (Wildman–Crippen LogP) is 4.07. The highest BCUT2D eigenvalue weighted by molar-refractivity contribution is 9.10. The molecule has 0 bridgehead atoms. The van der Waals surface area contributed by atoms with Crippen LogP contribution < -0.4 is 9.47 Å². The third kappa shape index (κ3) is 3.49. The van der Waals surface area contributed by atoms with Crippen LogP contribution in [0.3, 0.4) is 0 Å². The van der Waals surface area contributed by atoms with Gasteiger partial charge in [0.2, 0.25) is 5.75 Å². The summed E-state index contributed by atoms with van der Waals surface area (Å²) in [5, 5.41) is 9.86. The molecule has 0 radical (unpaired) electrons. The van der Waals surface area contributed by atoms with Gasteiger partial charge in [-0.2, -0.15) is 0 Å². The first-order chi connectivity index (χ1) is 10.6. The van der Waals surface area contributed by atoms with Crippen molar-refractivity contribution in [3.05, 3.63) is 58.1 Å². The number of hydrogen-bond donors (Lipinski definition) is 1. The molecule has 2 rings (SSSR count). The van der Waals surface area contributed by atoms with Gasteiger partial charge in [-0.3, -0.25) is 4.79 Å². The zero-order valence-electron chi connectivity index (χ0n) is 12.2. The normalized spacial score (nSPS) is 10.7. The third-order valence-corrected chi connectivity index (χ3v) is 3.76. The minimum atomic E-state index is -0.126. The Labute approximate surface area is 137 Å². The number of phenolic OH excluding ortho intramolecular Hbond substituents is 1. The Morgan fingerprint density at radius 2 is 1.73 bits per heavy atom. The number of hydrogen-bond acceptors (Lipinski definition) is 4. The third-order valence-electron chi connectivity index (χ3n) is 3.07. The summed E-state index contributed by atoms with van der Waals surface area (Å²) < 4.78 is 10.9. The summed E-state index contributed by atoms with van der Waals surface area (Å²) in [6, 6.07) is 10.5. The number of carbonyl (C=O) groups excluding carboxylic acids is 1. The number of halogens is 1. The van der Waals surface area contributed by atoms with Crippen molar-refractivity contribution in [2.45, 2.75) is 0 Å². The summed E-state index contributed by atoms with van der Waals surface area (Å²) in [7, 11) is 2.91. The summed E-state index contributed by atoms with van der Waals surface area (Å²) in [4.78, 5) is 12.2. The molecular weight excluding hydrogens is 348 g/mol. The maximum absolute atomic E-state index is 12.2. The van der Waals surface area contributed by atoms with E-state index in [1.807, 2.05) is 12.1 Å². The average molecular weight is 363 g/mol. The van der Waals surface area contributed by atoms with Crippen LogP contribution in [0.4, 0.5) is 0 Å². The van der Waals surface area contributed by atoms with Crippen molar-refractivity contribution < 1.29 is 19.4 Å². The van der Waals surface area contributed by atoms with Crippen molar-refractivity contribution in [3.63, 3.8) is 0 Å². The SMILES string of the molecule is COc1cc(/C=C/C(=O)c2ccccc2Br)cc(OC)c1O. The van der Waals surface area contributed by atoms with Crippen LogP contribution in [0.2, 0.25) is 0 Å². The van der Waals surface area contributed by atoms with Crippen LogP contribution in [-0.2, 0) is 0 Å². The average Bonchev–Trinajstić information content (AvgIpc) is 2.54. The first-order valence-corrected chi connectivity index (χ1v) is 7.28. The molecule has 0 unspecified atom stereocenters. The molecule has 0 saturated heterocycles. The van der Waals surface area contributed by atoms with Gasteiger partial charge in [0.25, 0.3) is 0 Å². The molecule has 0 heterocycles. The zero-order chi connectivity index (χ0) is 16.1. The van der Waals surface area contributed by atoms with Crippen molar-refractivity contribution in [1.29, 1.82) is 0 Å². The van der Waals surface area contributed by atoms with Crippen LogP contribution in [0.15, 0.2) is 46.9 Å². The summed E-state index contributed by atoms with van der Waals surface area (Å²) in [6.07, 6.45) is 3.11. The topological polar surface area (TPSA) is 55.8 Å². The van der Waals surface area contributed by atoms with E-state index in [1.54, 1.807) is 30.3 Å². The summed E-state index contributed by atoms with van der Waals surface area (Å²) >= 11 is 3.35. The first kappa shape index (κ1) is 16.1. The smallest absolute Gasteiger partial charge is 0.200 e. The second-order valence-electron chi connectivity index (χ2n) is 4.45. The number of methoxy groups -OCH3 is 2. The van der Waals surface area contributed by atoms with Gasteiger partial charge in [-0.15, -0.1) is 0 Å². The highest BCUT2D eigenvalue weighted by atomic mass is 79.9. The highest BCUT2D eigenvalue weighted by Gasteiger charge is 2.10. The molecule has 0 saturated carbocycles. The lowest BCUT2D eigenvalue weighted by atomic mass is 10.1. The molecular formula is C17H15BrO4. The molecule has 2 aromatic carbocycles. The largest absolute Gasteiger partial charge is 0.502 e. The number of aromatic hydroxyl groups is 1. The van der Waals surface area contributed by atoms with Crippen LogP contribution in [0.1, 0.15) is 15.9 Å². The van der Waals surface area contributed by atoms with E-state index in [0.29, 0.717) is 11.1 Å². The van der Waals surface area contributed by atoms with Crippen molar-refractivity contribution in [3.8, 4) is 17.2 Å². The lowest BCUT2D eigenvalue weighted by Crippen LogP contribution is -1.95. The molecule has 0 aromatic heterocycles.